The third kappa shape index (κ3) is 3.00. The van der Waals surface area contributed by atoms with E-state index < -0.39 is 10.0 Å². The molecule has 1 aliphatic rings. The van der Waals surface area contributed by atoms with Crippen molar-refractivity contribution in [2.75, 3.05) is 27.2 Å². The molecule has 1 fully saturated rings. The molecular formula is C16H24N4O2S. The zero-order chi connectivity index (χ0) is 16.6. The highest BCUT2D eigenvalue weighted by Crippen LogP contribution is 2.23. The van der Waals surface area contributed by atoms with Gasteiger partial charge in [0, 0.05) is 20.6 Å². The molecular weight excluding hydrogens is 312 g/mol. The molecule has 1 aromatic carbocycles. The molecule has 0 unspecified atom stereocenters. The van der Waals surface area contributed by atoms with E-state index in [1.807, 2.05) is 6.07 Å². The Morgan fingerprint density at radius 2 is 1.91 bits per heavy atom. The third-order valence-electron chi connectivity index (χ3n) is 4.46. The number of benzene rings is 1. The van der Waals surface area contributed by atoms with Crippen LogP contribution < -0.4 is 0 Å². The number of hydrogen-bond acceptors (Lipinski definition) is 4. The standard InChI is InChI=1S/C16H24N4O2S/c1-4-20-15-8-7-13(23(21,22)18(2)3)11-14(15)17-16(20)12-19-9-5-6-10-19/h7-8,11H,4-6,9-10,12H2,1-3H3. The molecule has 7 heteroatoms. The number of fused-ring (bicyclic) bond motifs is 1. The lowest BCUT2D eigenvalue weighted by atomic mass is 10.3. The normalized spacial score (nSPS) is 16.7. The predicted octanol–water partition coefficient (Wildman–Crippen LogP) is 1.90. The van der Waals surface area contributed by atoms with E-state index in [0.717, 1.165) is 43.0 Å². The second-order valence-corrected chi connectivity index (χ2v) is 8.35. The van der Waals surface area contributed by atoms with Crippen molar-refractivity contribution in [3.63, 3.8) is 0 Å². The van der Waals surface area contributed by atoms with Gasteiger partial charge in [0.25, 0.3) is 0 Å². The summed E-state index contributed by atoms with van der Waals surface area (Å²) in [7, 11) is -0.338. The summed E-state index contributed by atoms with van der Waals surface area (Å²) in [6, 6.07) is 5.23. The molecule has 2 aromatic rings. The van der Waals surface area contributed by atoms with Gasteiger partial charge in [0.05, 0.1) is 22.5 Å². The van der Waals surface area contributed by atoms with Crippen LogP contribution in [0, 0.1) is 0 Å². The van der Waals surface area contributed by atoms with E-state index in [9.17, 15) is 8.42 Å². The van der Waals surface area contributed by atoms with Crippen LogP contribution in [0.15, 0.2) is 23.1 Å². The molecule has 23 heavy (non-hydrogen) atoms. The van der Waals surface area contributed by atoms with Crippen LogP contribution in [0.1, 0.15) is 25.6 Å². The molecule has 0 aliphatic carbocycles. The van der Waals surface area contributed by atoms with E-state index in [4.69, 9.17) is 4.98 Å². The van der Waals surface area contributed by atoms with Gasteiger partial charge >= 0.3 is 0 Å². The van der Waals surface area contributed by atoms with E-state index in [-0.39, 0.29) is 0 Å². The van der Waals surface area contributed by atoms with Crippen molar-refractivity contribution < 1.29 is 8.42 Å². The molecule has 0 atom stereocenters. The predicted molar refractivity (Wildman–Crippen MR) is 90.8 cm³/mol. The number of likely N-dealkylation sites (tertiary alicyclic amines) is 1. The Bertz CT molecular complexity index is 805. The first kappa shape index (κ1) is 16.4. The van der Waals surface area contributed by atoms with Crippen molar-refractivity contribution in [3.8, 4) is 0 Å². The highest BCUT2D eigenvalue weighted by atomic mass is 32.2. The molecule has 3 rings (SSSR count). The van der Waals surface area contributed by atoms with Crippen LogP contribution in [0.5, 0.6) is 0 Å². The summed E-state index contributed by atoms with van der Waals surface area (Å²) >= 11 is 0. The van der Waals surface area contributed by atoms with Crippen molar-refractivity contribution >= 4 is 21.1 Å². The molecule has 1 aromatic heterocycles. The van der Waals surface area contributed by atoms with Crippen LogP contribution in [0.4, 0.5) is 0 Å². The fraction of sp³-hybridized carbons (Fsp3) is 0.562. The van der Waals surface area contributed by atoms with Crippen molar-refractivity contribution in [2.24, 2.45) is 0 Å². The van der Waals surface area contributed by atoms with Gasteiger partial charge in [0.2, 0.25) is 10.0 Å². The van der Waals surface area contributed by atoms with E-state index >= 15 is 0 Å². The maximum absolute atomic E-state index is 12.3. The first-order valence-corrected chi connectivity index (χ1v) is 9.51. The van der Waals surface area contributed by atoms with Gasteiger partial charge in [-0.2, -0.15) is 0 Å². The summed E-state index contributed by atoms with van der Waals surface area (Å²) < 4.78 is 28.0. The number of nitrogens with zero attached hydrogens (tertiary/aromatic N) is 4. The first-order valence-electron chi connectivity index (χ1n) is 8.07. The molecule has 0 saturated carbocycles. The molecule has 0 amide bonds. The highest BCUT2D eigenvalue weighted by Gasteiger charge is 2.20. The lowest BCUT2D eigenvalue weighted by Crippen LogP contribution is -2.22. The van der Waals surface area contributed by atoms with Crippen LogP contribution in [-0.2, 0) is 23.1 Å². The van der Waals surface area contributed by atoms with Gasteiger partial charge in [0.1, 0.15) is 5.82 Å². The molecule has 0 bridgehead atoms. The first-order chi connectivity index (χ1) is 10.9. The molecule has 126 valence electrons. The van der Waals surface area contributed by atoms with Gasteiger partial charge in [0.15, 0.2) is 0 Å². The minimum atomic E-state index is -3.43. The monoisotopic (exact) mass is 336 g/mol. The van der Waals surface area contributed by atoms with E-state index in [2.05, 4.69) is 16.4 Å². The number of aryl methyl sites for hydroxylation is 1. The average molecular weight is 336 g/mol. The fourth-order valence-electron chi connectivity index (χ4n) is 3.15. The van der Waals surface area contributed by atoms with Gasteiger partial charge in [-0.15, -0.1) is 0 Å². The number of sulfonamides is 1. The Labute approximate surface area is 137 Å². The van der Waals surface area contributed by atoms with Crippen LogP contribution in [-0.4, -0.2) is 54.4 Å². The quantitative estimate of drug-likeness (QED) is 0.837. The summed E-state index contributed by atoms with van der Waals surface area (Å²) in [5.74, 6) is 1.02. The van der Waals surface area contributed by atoms with Gasteiger partial charge in [-0.25, -0.2) is 17.7 Å². The summed E-state index contributed by atoms with van der Waals surface area (Å²) in [6.07, 6.45) is 2.50. The molecule has 2 heterocycles. The number of rotatable bonds is 5. The Morgan fingerprint density at radius 3 is 2.52 bits per heavy atom. The van der Waals surface area contributed by atoms with Gasteiger partial charge in [-0.1, -0.05) is 0 Å². The summed E-state index contributed by atoms with van der Waals surface area (Å²) in [5.41, 5.74) is 1.75. The lowest BCUT2D eigenvalue weighted by molar-refractivity contribution is 0.317. The fourth-order valence-corrected chi connectivity index (χ4v) is 4.07. The van der Waals surface area contributed by atoms with Gasteiger partial charge < -0.3 is 4.57 Å². The maximum Gasteiger partial charge on any atom is 0.242 e. The molecule has 1 saturated heterocycles. The van der Waals surface area contributed by atoms with Crippen LogP contribution in [0.2, 0.25) is 0 Å². The van der Waals surface area contributed by atoms with Crippen molar-refractivity contribution in [3.05, 3.63) is 24.0 Å². The minimum Gasteiger partial charge on any atom is -0.327 e. The zero-order valence-corrected chi connectivity index (χ0v) is 14.8. The van der Waals surface area contributed by atoms with E-state index in [1.54, 1.807) is 26.2 Å². The van der Waals surface area contributed by atoms with Gasteiger partial charge in [-0.3, -0.25) is 4.90 Å². The molecule has 0 spiro atoms. The number of hydrogen-bond donors (Lipinski definition) is 0. The summed E-state index contributed by atoms with van der Waals surface area (Å²) in [5, 5.41) is 0. The molecule has 1 aliphatic heterocycles. The van der Waals surface area contributed by atoms with Gasteiger partial charge in [-0.05, 0) is 51.1 Å². The van der Waals surface area contributed by atoms with E-state index in [1.165, 1.54) is 17.1 Å². The maximum atomic E-state index is 12.3. The SMILES string of the molecule is CCn1c(CN2CCCC2)nc2cc(S(=O)(=O)N(C)C)ccc21. The second-order valence-electron chi connectivity index (χ2n) is 6.19. The van der Waals surface area contributed by atoms with Crippen molar-refractivity contribution in [1.82, 2.24) is 18.8 Å². The molecule has 6 nitrogen and oxygen atoms in total. The Kier molecular flexibility index (Phi) is 4.44. The second kappa shape index (κ2) is 6.22. The summed E-state index contributed by atoms with van der Waals surface area (Å²) in [4.78, 5) is 7.42. The van der Waals surface area contributed by atoms with Crippen LogP contribution in [0.3, 0.4) is 0 Å². The third-order valence-corrected chi connectivity index (χ3v) is 6.27. The average Bonchev–Trinajstić information content (AvgIpc) is 3.13. The van der Waals surface area contributed by atoms with Crippen LogP contribution in [0.25, 0.3) is 11.0 Å². The molecule has 0 radical (unpaired) electrons. The highest BCUT2D eigenvalue weighted by molar-refractivity contribution is 7.89. The summed E-state index contributed by atoms with van der Waals surface area (Å²) in [6.45, 7) is 6.00. The lowest BCUT2D eigenvalue weighted by Gasteiger charge is -2.15. The largest absolute Gasteiger partial charge is 0.327 e. The Hall–Kier alpha value is -1.44. The number of imidazole rings is 1. The topological polar surface area (TPSA) is 58.4 Å². The van der Waals surface area contributed by atoms with E-state index in [0.29, 0.717) is 4.90 Å². The zero-order valence-electron chi connectivity index (χ0n) is 14.0. The minimum absolute atomic E-state index is 0.295. The van der Waals surface area contributed by atoms with Crippen molar-refractivity contribution in [1.29, 1.82) is 0 Å². The van der Waals surface area contributed by atoms with Crippen LogP contribution >= 0.6 is 0 Å². The Balaban J connectivity index is 2.03. The Morgan fingerprint density at radius 1 is 1.22 bits per heavy atom. The van der Waals surface area contributed by atoms with Crippen molar-refractivity contribution in [2.45, 2.75) is 37.8 Å². The smallest absolute Gasteiger partial charge is 0.242 e. The number of aromatic nitrogens is 2. The molecule has 0 N–H and O–H groups in total.